The first-order chi connectivity index (χ1) is 11.9. The molecule has 2 rings (SSSR count). The van der Waals surface area contributed by atoms with Crippen molar-refractivity contribution in [2.45, 2.75) is 33.3 Å². The minimum atomic E-state index is -0.487. The molecule has 7 nitrogen and oxygen atoms in total. The monoisotopic (exact) mass is 347 g/mol. The minimum Gasteiger partial charge on any atom is -0.459 e. The number of carbonyl (C=O) groups is 1. The number of nitrogens with zero attached hydrogens (tertiary/aromatic N) is 4. The Morgan fingerprint density at radius 3 is 2.56 bits per heavy atom. The maximum atomic E-state index is 11.9. The first-order valence-corrected chi connectivity index (χ1v) is 8.80. The second kappa shape index (κ2) is 8.69. The summed E-state index contributed by atoms with van der Waals surface area (Å²) in [5.74, 6) is 1.45. The normalized spacial score (nSPS) is 15.9. The third-order valence-corrected chi connectivity index (χ3v) is 3.67. The van der Waals surface area contributed by atoms with Crippen LogP contribution >= 0.6 is 0 Å². The number of aromatic nitrogens is 1. The molecule has 2 heterocycles. The third-order valence-electron chi connectivity index (χ3n) is 3.67. The molecule has 1 aliphatic heterocycles. The van der Waals surface area contributed by atoms with Gasteiger partial charge in [-0.05, 0) is 39.8 Å². The zero-order valence-corrected chi connectivity index (χ0v) is 15.7. The van der Waals surface area contributed by atoms with Gasteiger partial charge in [0.1, 0.15) is 18.0 Å². The summed E-state index contributed by atoms with van der Waals surface area (Å²) in [7, 11) is 0. The summed E-state index contributed by atoms with van der Waals surface area (Å²) in [6.07, 6.45) is 1.81. The summed E-state index contributed by atoms with van der Waals surface area (Å²) in [6.45, 7) is 11.8. The maximum absolute atomic E-state index is 11.9. The Labute approximate surface area is 150 Å². The van der Waals surface area contributed by atoms with Crippen molar-refractivity contribution in [1.29, 1.82) is 0 Å². The standard InChI is InChI=1S/C18H29N5O2/c1-5-19-17(21-14-16(24)25-18(2,3)4)23-12-10-22(11-13-23)15-8-6-7-9-20-15/h6-9H,5,10-14H2,1-4H3,(H,19,21). The number of aliphatic imine (C=N–C) groups is 1. The van der Waals surface area contributed by atoms with Crippen molar-refractivity contribution in [3.05, 3.63) is 24.4 Å². The zero-order valence-electron chi connectivity index (χ0n) is 15.7. The number of guanidine groups is 1. The van der Waals surface area contributed by atoms with Gasteiger partial charge in [-0.3, -0.25) is 4.79 Å². The highest BCUT2D eigenvalue weighted by molar-refractivity contribution is 5.83. The van der Waals surface area contributed by atoms with Gasteiger partial charge in [0.15, 0.2) is 5.96 Å². The fraction of sp³-hybridized carbons (Fsp3) is 0.611. The molecule has 1 fully saturated rings. The smallest absolute Gasteiger partial charge is 0.328 e. The van der Waals surface area contributed by atoms with Crippen LogP contribution in [0.4, 0.5) is 5.82 Å². The van der Waals surface area contributed by atoms with E-state index in [2.05, 4.69) is 25.1 Å². The Morgan fingerprint density at radius 1 is 1.28 bits per heavy atom. The van der Waals surface area contributed by atoms with Crippen LogP contribution in [-0.4, -0.2) is 66.7 Å². The van der Waals surface area contributed by atoms with Crippen molar-refractivity contribution in [1.82, 2.24) is 15.2 Å². The fourth-order valence-electron chi connectivity index (χ4n) is 2.63. The number of esters is 1. The molecular weight excluding hydrogens is 318 g/mol. The molecule has 1 aromatic heterocycles. The Hall–Kier alpha value is -2.31. The van der Waals surface area contributed by atoms with Gasteiger partial charge in [0.05, 0.1) is 0 Å². The van der Waals surface area contributed by atoms with E-state index in [0.717, 1.165) is 44.5 Å². The number of piperazine rings is 1. The van der Waals surface area contributed by atoms with Crippen molar-refractivity contribution in [2.24, 2.45) is 4.99 Å². The molecule has 0 amide bonds. The van der Waals surface area contributed by atoms with E-state index in [1.165, 1.54) is 0 Å². The summed E-state index contributed by atoms with van der Waals surface area (Å²) in [6, 6.07) is 5.95. The Kier molecular flexibility index (Phi) is 6.61. The Bertz CT molecular complexity index is 575. The highest BCUT2D eigenvalue weighted by Gasteiger charge is 2.21. The number of nitrogens with one attached hydrogen (secondary N) is 1. The van der Waals surface area contributed by atoms with Crippen LogP contribution in [0.5, 0.6) is 0 Å². The third kappa shape index (κ3) is 6.25. The molecule has 1 aromatic rings. The molecule has 0 aliphatic carbocycles. The van der Waals surface area contributed by atoms with E-state index in [-0.39, 0.29) is 12.5 Å². The second-order valence-electron chi connectivity index (χ2n) is 6.92. The SMILES string of the molecule is CCNC(=NCC(=O)OC(C)(C)C)N1CCN(c2ccccn2)CC1. The number of ether oxygens (including phenoxy) is 1. The van der Waals surface area contributed by atoms with Crippen LogP contribution in [0.15, 0.2) is 29.4 Å². The molecule has 0 saturated carbocycles. The average Bonchev–Trinajstić information content (AvgIpc) is 2.58. The van der Waals surface area contributed by atoms with Crippen LogP contribution in [0, 0.1) is 0 Å². The van der Waals surface area contributed by atoms with Crippen molar-refractivity contribution < 1.29 is 9.53 Å². The molecule has 138 valence electrons. The molecular formula is C18H29N5O2. The summed E-state index contributed by atoms with van der Waals surface area (Å²) < 4.78 is 5.32. The molecule has 1 saturated heterocycles. The quantitative estimate of drug-likeness (QED) is 0.506. The molecule has 0 bridgehead atoms. The van der Waals surface area contributed by atoms with Crippen LogP contribution < -0.4 is 10.2 Å². The van der Waals surface area contributed by atoms with Crippen LogP contribution in [0.25, 0.3) is 0 Å². The van der Waals surface area contributed by atoms with E-state index in [9.17, 15) is 4.79 Å². The lowest BCUT2D eigenvalue weighted by atomic mass is 10.2. The molecule has 1 aliphatic rings. The van der Waals surface area contributed by atoms with Gasteiger partial charge in [-0.15, -0.1) is 0 Å². The molecule has 0 radical (unpaired) electrons. The van der Waals surface area contributed by atoms with E-state index in [0.29, 0.717) is 0 Å². The van der Waals surface area contributed by atoms with Gasteiger partial charge >= 0.3 is 5.97 Å². The van der Waals surface area contributed by atoms with Crippen LogP contribution in [0.3, 0.4) is 0 Å². The van der Waals surface area contributed by atoms with E-state index in [4.69, 9.17) is 4.74 Å². The van der Waals surface area contributed by atoms with Gasteiger partial charge in [0.2, 0.25) is 0 Å². The predicted octanol–water partition coefficient (Wildman–Crippen LogP) is 1.51. The van der Waals surface area contributed by atoms with Crippen molar-refractivity contribution in [3.8, 4) is 0 Å². The van der Waals surface area contributed by atoms with Crippen LogP contribution in [0.1, 0.15) is 27.7 Å². The van der Waals surface area contributed by atoms with Gasteiger partial charge < -0.3 is 19.9 Å². The largest absolute Gasteiger partial charge is 0.459 e. The average molecular weight is 347 g/mol. The first kappa shape index (κ1) is 19.0. The van der Waals surface area contributed by atoms with Gasteiger partial charge in [0.25, 0.3) is 0 Å². The first-order valence-electron chi connectivity index (χ1n) is 8.80. The van der Waals surface area contributed by atoms with Crippen molar-refractivity contribution >= 4 is 17.7 Å². The summed E-state index contributed by atoms with van der Waals surface area (Å²) in [5.41, 5.74) is -0.487. The number of carbonyl (C=O) groups excluding carboxylic acids is 1. The van der Waals surface area contributed by atoms with Crippen molar-refractivity contribution in [2.75, 3.05) is 44.2 Å². The second-order valence-corrected chi connectivity index (χ2v) is 6.92. The molecule has 0 atom stereocenters. The number of hydrogen-bond acceptors (Lipinski definition) is 5. The molecule has 1 N–H and O–H groups in total. The molecule has 0 unspecified atom stereocenters. The number of rotatable bonds is 4. The van der Waals surface area contributed by atoms with Gasteiger partial charge in [0, 0.05) is 38.9 Å². The number of pyridine rings is 1. The molecule has 7 heteroatoms. The Morgan fingerprint density at radius 2 is 2.00 bits per heavy atom. The topological polar surface area (TPSA) is 70.1 Å². The maximum Gasteiger partial charge on any atom is 0.328 e. The lowest BCUT2D eigenvalue weighted by Gasteiger charge is -2.37. The van der Waals surface area contributed by atoms with Crippen LogP contribution in [-0.2, 0) is 9.53 Å². The van der Waals surface area contributed by atoms with E-state index >= 15 is 0 Å². The minimum absolute atomic E-state index is 0.0278. The van der Waals surface area contributed by atoms with E-state index < -0.39 is 5.60 Å². The lowest BCUT2D eigenvalue weighted by Crippen LogP contribution is -2.53. The van der Waals surface area contributed by atoms with Crippen LogP contribution in [0.2, 0.25) is 0 Å². The molecule has 25 heavy (non-hydrogen) atoms. The summed E-state index contributed by atoms with van der Waals surface area (Å²) >= 11 is 0. The molecule has 0 spiro atoms. The Balaban J connectivity index is 1.92. The predicted molar refractivity (Wildman–Crippen MR) is 99.8 cm³/mol. The van der Waals surface area contributed by atoms with E-state index in [1.807, 2.05) is 52.1 Å². The zero-order chi connectivity index (χ0) is 18.3. The van der Waals surface area contributed by atoms with Gasteiger partial charge in [-0.1, -0.05) is 6.07 Å². The van der Waals surface area contributed by atoms with E-state index in [1.54, 1.807) is 0 Å². The number of anilines is 1. The highest BCUT2D eigenvalue weighted by Crippen LogP contribution is 2.12. The lowest BCUT2D eigenvalue weighted by molar-refractivity contribution is -0.152. The van der Waals surface area contributed by atoms with Gasteiger partial charge in [-0.2, -0.15) is 0 Å². The summed E-state index contributed by atoms with van der Waals surface area (Å²) in [5, 5.41) is 3.26. The summed E-state index contributed by atoms with van der Waals surface area (Å²) in [4.78, 5) is 25.2. The highest BCUT2D eigenvalue weighted by atomic mass is 16.6. The van der Waals surface area contributed by atoms with Gasteiger partial charge in [-0.25, -0.2) is 9.98 Å². The number of hydrogen-bond donors (Lipinski definition) is 1. The van der Waals surface area contributed by atoms with Crippen molar-refractivity contribution in [3.63, 3.8) is 0 Å². The molecule has 0 aromatic carbocycles. The fourth-order valence-corrected chi connectivity index (χ4v) is 2.63.